The van der Waals surface area contributed by atoms with E-state index in [1.807, 2.05) is 12.1 Å². The summed E-state index contributed by atoms with van der Waals surface area (Å²) in [7, 11) is 0. The largest absolute Gasteiger partial charge is 0.480 e. The van der Waals surface area contributed by atoms with Gasteiger partial charge in [0, 0.05) is 5.56 Å². The number of carbonyl (C=O) groups is 1. The summed E-state index contributed by atoms with van der Waals surface area (Å²) in [5.41, 5.74) is 3.49. The SMILES string of the molecule is C#CCOc1ccccc1/C=N\NC(=O)c1ccccc1Cl. The Morgan fingerprint density at radius 2 is 2.00 bits per heavy atom. The second-order valence-corrected chi connectivity index (χ2v) is 4.62. The van der Waals surface area contributed by atoms with Crippen LogP contribution in [-0.2, 0) is 0 Å². The van der Waals surface area contributed by atoms with E-state index in [1.165, 1.54) is 6.21 Å². The molecule has 0 aliphatic heterocycles. The Balaban J connectivity index is 2.06. The molecule has 0 fully saturated rings. The maximum Gasteiger partial charge on any atom is 0.272 e. The van der Waals surface area contributed by atoms with E-state index in [4.69, 9.17) is 22.8 Å². The summed E-state index contributed by atoms with van der Waals surface area (Å²) >= 11 is 5.95. The summed E-state index contributed by atoms with van der Waals surface area (Å²) in [6.07, 6.45) is 6.65. The Morgan fingerprint density at radius 1 is 1.27 bits per heavy atom. The Morgan fingerprint density at radius 3 is 2.77 bits per heavy atom. The number of para-hydroxylation sites is 1. The molecule has 1 amide bonds. The minimum absolute atomic E-state index is 0.164. The van der Waals surface area contributed by atoms with Gasteiger partial charge >= 0.3 is 0 Å². The van der Waals surface area contributed by atoms with Crippen molar-refractivity contribution in [3.8, 4) is 18.1 Å². The molecule has 0 saturated carbocycles. The van der Waals surface area contributed by atoms with Crippen LogP contribution in [0.15, 0.2) is 53.6 Å². The number of amides is 1. The zero-order valence-electron chi connectivity index (χ0n) is 11.6. The van der Waals surface area contributed by atoms with E-state index in [9.17, 15) is 4.79 Å². The van der Waals surface area contributed by atoms with E-state index < -0.39 is 0 Å². The molecule has 0 heterocycles. The molecule has 0 spiro atoms. The van der Waals surface area contributed by atoms with Crippen molar-refractivity contribution in [2.24, 2.45) is 5.10 Å². The maximum absolute atomic E-state index is 11.9. The van der Waals surface area contributed by atoms with Crippen LogP contribution in [0.25, 0.3) is 0 Å². The molecule has 2 aromatic rings. The maximum atomic E-state index is 11.9. The third-order valence-electron chi connectivity index (χ3n) is 2.72. The second kappa shape index (κ2) is 7.87. The topological polar surface area (TPSA) is 50.7 Å². The summed E-state index contributed by atoms with van der Waals surface area (Å²) in [6.45, 7) is 0.164. The van der Waals surface area contributed by atoms with Crippen LogP contribution in [0, 0.1) is 12.3 Å². The number of halogens is 1. The normalized spacial score (nSPS) is 10.2. The highest BCUT2D eigenvalue weighted by atomic mass is 35.5. The first-order chi connectivity index (χ1) is 10.7. The van der Waals surface area contributed by atoms with Gasteiger partial charge < -0.3 is 4.74 Å². The lowest BCUT2D eigenvalue weighted by molar-refractivity contribution is 0.0955. The van der Waals surface area contributed by atoms with Crippen LogP contribution in [0.3, 0.4) is 0 Å². The summed E-state index contributed by atoms with van der Waals surface area (Å²) in [5, 5.41) is 4.28. The van der Waals surface area contributed by atoms with Gasteiger partial charge in [-0.2, -0.15) is 5.10 Å². The van der Waals surface area contributed by atoms with E-state index in [1.54, 1.807) is 36.4 Å². The molecule has 0 aromatic heterocycles. The molecule has 0 radical (unpaired) electrons. The van der Waals surface area contributed by atoms with E-state index in [2.05, 4.69) is 16.4 Å². The number of terminal acetylenes is 1. The number of hydrogen-bond donors (Lipinski definition) is 1. The van der Waals surface area contributed by atoms with Gasteiger partial charge in [0.05, 0.1) is 16.8 Å². The molecule has 1 N–H and O–H groups in total. The molecular weight excluding hydrogens is 300 g/mol. The van der Waals surface area contributed by atoms with Crippen molar-refractivity contribution in [2.45, 2.75) is 0 Å². The molecule has 0 saturated heterocycles. The minimum atomic E-state index is -0.385. The van der Waals surface area contributed by atoms with Crippen molar-refractivity contribution >= 4 is 23.7 Å². The highest BCUT2D eigenvalue weighted by molar-refractivity contribution is 6.33. The molecule has 2 rings (SSSR count). The number of hydrazone groups is 1. The van der Waals surface area contributed by atoms with Gasteiger partial charge in [-0.1, -0.05) is 41.8 Å². The Bertz CT molecular complexity index is 735. The van der Waals surface area contributed by atoms with Crippen molar-refractivity contribution in [3.63, 3.8) is 0 Å². The predicted octanol–water partition coefficient (Wildman–Crippen LogP) is 3.12. The zero-order chi connectivity index (χ0) is 15.8. The lowest BCUT2D eigenvalue weighted by Gasteiger charge is -2.05. The average Bonchev–Trinajstić information content (AvgIpc) is 2.54. The Labute approximate surface area is 133 Å². The number of hydrogen-bond acceptors (Lipinski definition) is 3. The fraction of sp³-hybridized carbons (Fsp3) is 0.0588. The van der Waals surface area contributed by atoms with Crippen molar-refractivity contribution in [2.75, 3.05) is 6.61 Å². The number of nitrogens with one attached hydrogen (secondary N) is 1. The van der Waals surface area contributed by atoms with Crippen LogP contribution >= 0.6 is 11.6 Å². The van der Waals surface area contributed by atoms with E-state index in [-0.39, 0.29) is 12.5 Å². The molecule has 4 nitrogen and oxygen atoms in total. The van der Waals surface area contributed by atoms with Crippen LogP contribution in [0.1, 0.15) is 15.9 Å². The minimum Gasteiger partial charge on any atom is -0.480 e. The first-order valence-electron chi connectivity index (χ1n) is 6.45. The molecule has 2 aromatic carbocycles. The van der Waals surface area contributed by atoms with Gasteiger partial charge in [-0.25, -0.2) is 5.43 Å². The lowest BCUT2D eigenvalue weighted by Crippen LogP contribution is -2.18. The number of carbonyl (C=O) groups excluding carboxylic acids is 1. The Hall–Kier alpha value is -2.77. The first kappa shape index (κ1) is 15.6. The first-order valence-corrected chi connectivity index (χ1v) is 6.83. The van der Waals surface area contributed by atoms with Gasteiger partial charge in [-0.3, -0.25) is 4.79 Å². The third-order valence-corrected chi connectivity index (χ3v) is 3.05. The third kappa shape index (κ3) is 4.11. The van der Waals surface area contributed by atoms with Gasteiger partial charge in [-0.15, -0.1) is 6.42 Å². The van der Waals surface area contributed by atoms with Gasteiger partial charge in [0.2, 0.25) is 0 Å². The van der Waals surface area contributed by atoms with E-state index in [0.717, 1.165) is 0 Å². The smallest absolute Gasteiger partial charge is 0.272 e. The summed E-state index contributed by atoms with van der Waals surface area (Å²) in [6, 6.07) is 14.0. The number of ether oxygens (including phenoxy) is 1. The molecule has 5 heteroatoms. The summed E-state index contributed by atoms with van der Waals surface area (Å²) in [4.78, 5) is 11.9. The second-order valence-electron chi connectivity index (χ2n) is 4.21. The summed E-state index contributed by atoms with van der Waals surface area (Å²) < 4.78 is 5.39. The highest BCUT2D eigenvalue weighted by Crippen LogP contribution is 2.16. The lowest BCUT2D eigenvalue weighted by atomic mass is 10.2. The van der Waals surface area contributed by atoms with Crippen LogP contribution in [0.2, 0.25) is 5.02 Å². The molecule has 110 valence electrons. The van der Waals surface area contributed by atoms with E-state index in [0.29, 0.717) is 21.9 Å². The molecule has 22 heavy (non-hydrogen) atoms. The fourth-order valence-electron chi connectivity index (χ4n) is 1.70. The van der Waals surface area contributed by atoms with Crippen molar-refractivity contribution in [1.29, 1.82) is 0 Å². The molecule has 0 unspecified atom stereocenters. The van der Waals surface area contributed by atoms with Gasteiger partial charge in [0.1, 0.15) is 12.4 Å². The standard InChI is InChI=1S/C17H13ClN2O2/c1-2-11-22-16-10-6-3-7-13(16)12-19-20-17(21)14-8-4-5-9-15(14)18/h1,3-10,12H,11H2,(H,20,21)/b19-12-. The van der Waals surface area contributed by atoms with Gasteiger partial charge in [0.15, 0.2) is 0 Å². The molecule has 0 atom stereocenters. The van der Waals surface area contributed by atoms with Crippen molar-refractivity contribution in [1.82, 2.24) is 5.43 Å². The van der Waals surface area contributed by atoms with E-state index >= 15 is 0 Å². The monoisotopic (exact) mass is 312 g/mol. The van der Waals surface area contributed by atoms with Crippen LogP contribution < -0.4 is 10.2 Å². The number of nitrogens with zero attached hydrogens (tertiary/aromatic N) is 1. The van der Waals surface area contributed by atoms with Gasteiger partial charge in [-0.05, 0) is 24.3 Å². The summed E-state index contributed by atoms with van der Waals surface area (Å²) in [5.74, 6) is 2.60. The highest BCUT2D eigenvalue weighted by Gasteiger charge is 2.08. The fourth-order valence-corrected chi connectivity index (χ4v) is 1.93. The number of benzene rings is 2. The van der Waals surface area contributed by atoms with Crippen molar-refractivity contribution in [3.05, 3.63) is 64.7 Å². The van der Waals surface area contributed by atoms with Crippen LogP contribution in [0.4, 0.5) is 0 Å². The van der Waals surface area contributed by atoms with Crippen molar-refractivity contribution < 1.29 is 9.53 Å². The Kier molecular flexibility index (Phi) is 5.58. The predicted molar refractivity (Wildman–Crippen MR) is 87.3 cm³/mol. The molecule has 0 aliphatic carbocycles. The number of rotatable bonds is 5. The average molecular weight is 313 g/mol. The quantitative estimate of drug-likeness (QED) is 0.524. The zero-order valence-corrected chi connectivity index (χ0v) is 12.4. The molecule has 0 bridgehead atoms. The van der Waals surface area contributed by atoms with Crippen LogP contribution in [0.5, 0.6) is 5.75 Å². The van der Waals surface area contributed by atoms with Gasteiger partial charge in [0.25, 0.3) is 5.91 Å². The van der Waals surface area contributed by atoms with Crippen LogP contribution in [-0.4, -0.2) is 18.7 Å². The molecular formula is C17H13ClN2O2. The molecule has 0 aliphatic rings.